The van der Waals surface area contributed by atoms with Crippen LogP contribution in [-0.2, 0) is 0 Å². The van der Waals surface area contributed by atoms with Crippen LogP contribution in [0.1, 0.15) is 287 Å². The van der Waals surface area contributed by atoms with Crippen LogP contribution in [0.2, 0.25) is 33.2 Å². The molecule has 0 atom stereocenters. The Morgan fingerprint density at radius 1 is 0.289 bits per heavy atom. The van der Waals surface area contributed by atoms with E-state index >= 15 is 0 Å². The standard InChI is InChI=1S/C70H114O4Si2/c1-17-21-25-29-33-39-47-71-67-53-63(65(45-51-75(57(5)6,58(7)8)59(9)10)55-69(67)73-49-41-35-31-27-23-19-3)43-37-38-44-64-54-68(72-48-40-34-30-26-22-18-2)70(74-50-42-36-32-28-24-20-4)56-66(64)46-52-76(60(11)12,61(13)14)62(15)16/h53-62H,17-36,39-42,47-50H2,1-16H3. The summed E-state index contributed by atoms with van der Waals surface area (Å²) in [5.41, 5.74) is 14.5. The fourth-order valence-corrected chi connectivity index (χ4v) is 22.1. The van der Waals surface area contributed by atoms with Gasteiger partial charge in [0.2, 0.25) is 0 Å². The summed E-state index contributed by atoms with van der Waals surface area (Å²) >= 11 is 0. The van der Waals surface area contributed by atoms with E-state index in [0.29, 0.717) is 59.7 Å². The number of unbranched alkanes of at least 4 members (excludes halogenated alkanes) is 20. The Kier molecular flexibility index (Phi) is 35.7. The lowest BCUT2D eigenvalue weighted by Gasteiger charge is -2.38. The van der Waals surface area contributed by atoms with Gasteiger partial charge >= 0.3 is 0 Å². The third-order valence-corrected chi connectivity index (χ3v) is 28.8. The van der Waals surface area contributed by atoms with Crippen LogP contribution in [0, 0.1) is 46.6 Å². The van der Waals surface area contributed by atoms with E-state index in [9.17, 15) is 0 Å². The van der Waals surface area contributed by atoms with Gasteiger partial charge in [0, 0.05) is 46.5 Å². The molecule has 0 saturated carbocycles. The Bertz CT molecular complexity index is 1960. The first-order valence-electron chi connectivity index (χ1n) is 31.5. The largest absolute Gasteiger partial charge is 0.490 e. The van der Waals surface area contributed by atoms with E-state index in [1.807, 2.05) is 0 Å². The molecule has 0 aliphatic heterocycles. The predicted molar refractivity (Wildman–Crippen MR) is 338 cm³/mol. The zero-order valence-corrected chi connectivity index (χ0v) is 54.2. The van der Waals surface area contributed by atoms with Crippen molar-refractivity contribution in [2.75, 3.05) is 26.4 Å². The second-order valence-corrected chi connectivity index (χ2v) is 35.1. The lowest BCUT2D eigenvalue weighted by atomic mass is 10.1. The van der Waals surface area contributed by atoms with Crippen LogP contribution in [0.5, 0.6) is 23.0 Å². The Hall–Kier alpha value is -3.69. The SMILES string of the molecule is CCCCCCCCOc1cc(C#CC#Cc2cc(OCCCCCCCC)c(OCCCCCCCC)cc2C#C[Si](C(C)C)(C(C)C)C(C)C)c(C#C[Si](C(C)C)(C(C)C)C(C)C)cc1OCCCCCCCC. The average Bonchev–Trinajstić information content (AvgIpc) is 3.37. The highest BCUT2D eigenvalue weighted by molar-refractivity contribution is 6.91. The maximum atomic E-state index is 6.65. The summed E-state index contributed by atoms with van der Waals surface area (Å²) in [5.74, 6) is 24.3. The van der Waals surface area contributed by atoms with Gasteiger partial charge in [-0.3, -0.25) is 0 Å². The van der Waals surface area contributed by atoms with Crippen molar-refractivity contribution in [2.45, 2.75) is 298 Å². The molecule has 0 fully saturated rings. The van der Waals surface area contributed by atoms with Gasteiger partial charge in [0.1, 0.15) is 16.1 Å². The second-order valence-electron chi connectivity index (χ2n) is 23.9. The fourth-order valence-electron chi connectivity index (χ4n) is 11.7. The summed E-state index contributed by atoms with van der Waals surface area (Å²) in [6, 6.07) is 8.42. The van der Waals surface area contributed by atoms with E-state index < -0.39 is 16.1 Å². The number of benzene rings is 2. The summed E-state index contributed by atoms with van der Waals surface area (Å²) in [6.07, 6.45) is 28.9. The van der Waals surface area contributed by atoms with Gasteiger partial charge in [-0.05, 0) is 70.8 Å². The van der Waals surface area contributed by atoms with Crippen LogP contribution >= 0.6 is 0 Å². The lowest BCUT2D eigenvalue weighted by molar-refractivity contribution is 0.258. The summed E-state index contributed by atoms with van der Waals surface area (Å²) < 4.78 is 26.6. The number of hydrogen-bond donors (Lipinski definition) is 0. The van der Waals surface area contributed by atoms with E-state index in [1.165, 1.54) is 116 Å². The van der Waals surface area contributed by atoms with Crippen molar-refractivity contribution < 1.29 is 18.9 Å². The molecule has 2 rings (SSSR count). The van der Waals surface area contributed by atoms with Crippen molar-refractivity contribution in [1.82, 2.24) is 0 Å². The van der Waals surface area contributed by atoms with Crippen LogP contribution in [0.4, 0.5) is 0 Å². The quantitative estimate of drug-likeness (QED) is 0.0381. The molecule has 0 saturated heterocycles. The normalized spacial score (nSPS) is 11.6. The van der Waals surface area contributed by atoms with Gasteiger partial charge < -0.3 is 18.9 Å². The minimum atomic E-state index is -2.07. The molecule has 6 heteroatoms. The third kappa shape index (κ3) is 23.7. The molecule has 0 radical (unpaired) electrons. The molecule has 2 aromatic carbocycles. The highest BCUT2D eigenvalue weighted by Crippen LogP contribution is 2.43. The van der Waals surface area contributed by atoms with E-state index in [0.717, 1.165) is 83.8 Å². The Balaban J connectivity index is 2.94. The first-order valence-corrected chi connectivity index (χ1v) is 36.0. The van der Waals surface area contributed by atoms with Crippen molar-refractivity contribution in [3.63, 3.8) is 0 Å². The molecule has 0 aromatic heterocycles. The molecule has 0 spiro atoms. The zero-order valence-electron chi connectivity index (χ0n) is 52.2. The van der Waals surface area contributed by atoms with Crippen LogP contribution < -0.4 is 18.9 Å². The maximum Gasteiger partial charge on any atom is 0.162 e. The Morgan fingerprint density at radius 2 is 0.487 bits per heavy atom. The zero-order chi connectivity index (χ0) is 56.2. The summed E-state index contributed by atoms with van der Waals surface area (Å²) in [7, 11) is -4.15. The van der Waals surface area contributed by atoms with Crippen LogP contribution in [0.15, 0.2) is 24.3 Å². The molecule has 426 valence electrons. The van der Waals surface area contributed by atoms with E-state index in [2.05, 4.69) is 182 Å². The molecule has 0 unspecified atom stereocenters. The van der Waals surface area contributed by atoms with Crippen molar-refractivity contribution in [2.24, 2.45) is 0 Å². The predicted octanol–water partition coefficient (Wildman–Crippen LogP) is 21.2. The summed E-state index contributed by atoms with van der Waals surface area (Å²) in [6.45, 7) is 40.2. The molecule has 4 nitrogen and oxygen atoms in total. The Labute approximate surface area is 473 Å². The van der Waals surface area contributed by atoms with Crippen LogP contribution in [-0.4, -0.2) is 42.6 Å². The molecular weight excluding hydrogens is 961 g/mol. The van der Waals surface area contributed by atoms with Crippen LogP contribution in [0.25, 0.3) is 0 Å². The van der Waals surface area contributed by atoms with Gasteiger partial charge in [0.25, 0.3) is 0 Å². The molecule has 0 aliphatic rings. The van der Waals surface area contributed by atoms with E-state index in [1.54, 1.807) is 0 Å². The van der Waals surface area contributed by atoms with Gasteiger partial charge in [-0.25, -0.2) is 0 Å². The van der Waals surface area contributed by atoms with Gasteiger partial charge in [0.15, 0.2) is 23.0 Å². The minimum absolute atomic E-state index is 0.502. The Morgan fingerprint density at radius 3 is 0.697 bits per heavy atom. The molecule has 0 heterocycles. The monoisotopic (exact) mass is 1070 g/mol. The lowest BCUT2D eigenvalue weighted by Crippen LogP contribution is -2.43. The average molecular weight is 1080 g/mol. The van der Waals surface area contributed by atoms with Crippen LogP contribution in [0.3, 0.4) is 0 Å². The summed E-state index contributed by atoms with van der Waals surface area (Å²) in [5, 5.41) is 0. The van der Waals surface area contributed by atoms with Crippen molar-refractivity contribution in [3.05, 3.63) is 46.5 Å². The third-order valence-electron chi connectivity index (χ3n) is 16.2. The molecular formula is C70H114O4Si2. The highest BCUT2D eigenvalue weighted by Gasteiger charge is 2.43. The van der Waals surface area contributed by atoms with Gasteiger partial charge in [-0.2, -0.15) is 0 Å². The maximum absolute atomic E-state index is 6.65. The smallest absolute Gasteiger partial charge is 0.162 e. The summed E-state index contributed by atoms with van der Waals surface area (Å²) in [4.78, 5) is 0. The molecule has 0 aliphatic carbocycles. The number of hydrogen-bond acceptors (Lipinski definition) is 4. The molecule has 0 amide bonds. The van der Waals surface area contributed by atoms with Crippen molar-refractivity contribution in [3.8, 4) is 69.6 Å². The molecule has 0 N–H and O–H groups in total. The first kappa shape index (κ1) is 68.4. The number of rotatable bonds is 38. The second kappa shape index (κ2) is 39.6. The van der Waals surface area contributed by atoms with Crippen molar-refractivity contribution >= 4 is 16.1 Å². The highest BCUT2D eigenvalue weighted by atomic mass is 28.3. The van der Waals surface area contributed by atoms with E-state index in [-0.39, 0.29) is 0 Å². The van der Waals surface area contributed by atoms with Gasteiger partial charge in [-0.1, -0.05) is 263 Å². The van der Waals surface area contributed by atoms with Gasteiger partial charge in [-0.15, -0.1) is 11.1 Å². The minimum Gasteiger partial charge on any atom is -0.490 e. The number of ether oxygens (including phenoxy) is 4. The topological polar surface area (TPSA) is 36.9 Å². The molecule has 0 bridgehead atoms. The van der Waals surface area contributed by atoms with Crippen molar-refractivity contribution in [1.29, 1.82) is 0 Å². The first-order chi connectivity index (χ1) is 36.6. The molecule has 2 aromatic rings. The van der Waals surface area contributed by atoms with Gasteiger partial charge in [0.05, 0.1) is 26.4 Å². The van der Waals surface area contributed by atoms with E-state index in [4.69, 9.17) is 18.9 Å². The molecule has 76 heavy (non-hydrogen) atoms. The fraction of sp³-hybridized carbons (Fsp3) is 0.714.